The van der Waals surface area contributed by atoms with Crippen molar-refractivity contribution in [3.8, 4) is 22.8 Å². The molecule has 0 aliphatic carbocycles. The molecular formula is C28H34ClN3O2. The summed E-state index contributed by atoms with van der Waals surface area (Å²) in [7, 11) is 3.34. The molecule has 5 rings (SSSR count). The van der Waals surface area contributed by atoms with E-state index in [2.05, 4.69) is 16.3 Å². The predicted octanol–water partition coefficient (Wildman–Crippen LogP) is 5.93. The molecule has 0 unspecified atom stereocenters. The summed E-state index contributed by atoms with van der Waals surface area (Å²) in [6.45, 7) is 4.34. The largest absolute Gasteiger partial charge is 0.493 e. The van der Waals surface area contributed by atoms with Crippen molar-refractivity contribution >= 4 is 22.5 Å². The Hall–Kier alpha value is -2.34. The zero-order valence-corrected chi connectivity index (χ0v) is 20.9. The Bertz CT molecular complexity index is 1150. The van der Waals surface area contributed by atoms with Crippen LogP contribution in [0.2, 0.25) is 5.02 Å². The van der Waals surface area contributed by atoms with Crippen molar-refractivity contribution < 1.29 is 9.47 Å². The van der Waals surface area contributed by atoms with Crippen molar-refractivity contribution in [3.63, 3.8) is 0 Å². The number of rotatable bonds is 7. The maximum atomic E-state index is 6.29. The fourth-order valence-corrected chi connectivity index (χ4v) is 6.00. The normalized spacial score (nSPS) is 20.8. The lowest BCUT2D eigenvalue weighted by atomic mass is 9.83. The van der Waals surface area contributed by atoms with Crippen LogP contribution in [-0.4, -0.2) is 49.8 Å². The Kier molecular flexibility index (Phi) is 7.23. The third-order valence-electron chi connectivity index (χ3n) is 7.47. The molecule has 2 atom stereocenters. The van der Waals surface area contributed by atoms with Crippen LogP contribution in [0.5, 0.6) is 11.5 Å². The average Bonchev–Trinajstić information content (AvgIpc) is 2.88. The van der Waals surface area contributed by atoms with Crippen LogP contribution in [0.15, 0.2) is 42.5 Å². The van der Waals surface area contributed by atoms with Crippen LogP contribution in [0.25, 0.3) is 22.2 Å². The molecule has 2 saturated heterocycles. The first kappa shape index (κ1) is 23.4. The lowest BCUT2D eigenvalue weighted by Gasteiger charge is -2.44. The summed E-state index contributed by atoms with van der Waals surface area (Å²) in [6, 6.07) is 14.8. The number of pyridine rings is 1. The second kappa shape index (κ2) is 10.5. The molecule has 3 heterocycles. The van der Waals surface area contributed by atoms with Gasteiger partial charge in [0.05, 0.1) is 25.4 Å². The number of methoxy groups -OCH3 is 2. The van der Waals surface area contributed by atoms with Crippen molar-refractivity contribution in [2.75, 3.05) is 33.9 Å². The van der Waals surface area contributed by atoms with Gasteiger partial charge in [-0.3, -0.25) is 0 Å². The standard InChI is InChI=1S/C28H34ClN3O2/c1-33-26-10-5-8-23(28(26)34-2)27-21(15-19-11-12-22(29)16-24(19)31-27)18-30-17-20-7-6-14-32-13-4-3-9-25(20)32/h5,8,10-12,15-16,20,25,30H,3-4,6-7,9,13-14,17-18H2,1-2H3/t20-,25+/m0/s1. The predicted molar refractivity (Wildman–Crippen MR) is 139 cm³/mol. The molecule has 2 aliphatic heterocycles. The molecule has 0 radical (unpaired) electrons. The first-order valence-corrected chi connectivity index (χ1v) is 12.8. The van der Waals surface area contributed by atoms with Crippen LogP contribution in [-0.2, 0) is 6.54 Å². The maximum absolute atomic E-state index is 6.29. The molecule has 3 aromatic rings. The number of halogens is 1. The zero-order chi connectivity index (χ0) is 23.5. The SMILES string of the molecule is COc1cccc(-c2nc3cc(Cl)ccc3cc2CNC[C@@H]2CCCN3CCCC[C@H]23)c1OC. The van der Waals surface area contributed by atoms with Gasteiger partial charge in [-0.05, 0) is 87.1 Å². The third-order valence-corrected chi connectivity index (χ3v) is 7.70. The number of nitrogens with zero attached hydrogens (tertiary/aromatic N) is 2. The van der Waals surface area contributed by atoms with Crippen molar-refractivity contribution in [2.45, 2.75) is 44.7 Å². The molecule has 2 aromatic carbocycles. The number of piperidine rings is 2. The molecule has 2 aliphatic rings. The Labute approximate surface area is 207 Å². The van der Waals surface area contributed by atoms with Crippen molar-refractivity contribution in [2.24, 2.45) is 5.92 Å². The summed E-state index contributed by atoms with van der Waals surface area (Å²) in [5, 5.41) is 5.56. The molecule has 0 amide bonds. The first-order chi connectivity index (χ1) is 16.7. The fourth-order valence-electron chi connectivity index (χ4n) is 5.83. The van der Waals surface area contributed by atoms with Gasteiger partial charge in [-0.2, -0.15) is 0 Å². The molecule has 1 aromatic heterocycles. The highest BCUT2D eigenvalue weighted by Gasteiger charge is 2.32. The van der Waals surface area contributed by atoms with Crippen LogP contribution in [0.3, 0.4) is 0 Å². The van der Waals surface area contributed by atoms with Crippen LogP contribution < -0.4 is 14.8 Å². The van der Waals surface area contributed by atoms with Crippen molar-refractivity contribution in [1.29, 1.82) is 0 Å². The minimum Gasteiger partial charge on any atom is -0.493 e. The molecule has 0 bridgehead atoms. The first-order valence-electron chi connectivity index (χ1n) is 12.4. The maximum Gasteiger partial charge on any atom is 0.170 e. The Morgan fingerprint density at radius 2 is 1.91 bits per heavy atom. The number of para-hydroxylation sites is 1. The van der Waals surface area contributed by atoms with E-state index in [1.165, 1.54) is 45.2 Å². The van der Waals surface area contributed by atoms with E-state index in [1.807, 2.05) is 36.4 Å². The van der Waals surface area contributed by atoms with Crippen LogP contribution in [0, 0.1) is 5.92 Å². The average molecular weight is 480 g/mol. The number of benzene rings is 2. The van der Waals surface area contributed by atoms with Gasteiger partial charge in [0, 0.05) is 28.6 Å². The lowest BCUT2D eigenvalue weighted by molar-refractivity contribution is 0.0593. The van der Waals surface area contributed by atoms with Gasteiger partial charge in [0.1, 0.15) is 0 Å². The Morgan fingerprint density at radius 1 is 1.03 bits per heavy atom. The monoisotopic (exact) mass is 479 g/mol. The molecule has 0 spiro atoms. The quantitative estimate of drug-likeness (QED) is 0.455. The number of nitrogens with one attached hydrogen (secondary N) is 1. The summed E-state index contributed by atoms with van der Waals surface area (Å²) in [4.78, 5) is 7.78. The molecule has 5 nitrogen and oxygen atoms in total. The van der Waals surface area contributed by atoms with E-state index >= 15 is 0 Å². The smallest absolute Gasteiger partial charge is 0.170 e. The molecule has 1 N–H and O–H groups in total. The van der Waals surface area contributed by atoms with Crippen LogP contribution in [0.4, 0.5) is 0 Å². The van der Waals surface area contributed by atoms with E-state index < -0.39 is 0 Å². The molecule has 2 fully saturated rings. The van der Waals surface area contributed by atoms with Crippen LogP contribution in [0.1, 0.15) is 37.7 Å². The van der Waals surface area contributed by atoms with E-state index in [0.717, 1.165) is 52.8 Å². The summed E-state index contributed by atoms with van der Waals surface area (Å²) in [5.41, 5.74) is 3.86. The van der Waals surface area contributed by atoms with Gasteiger partial charge < -0.3 is 19.7 Å². The number of aromatic nitrogens is 1. The van der Waals surface area contributed by atoms with Crippen molar-refractivity contribution in [1.82, 2.24) is 15.2 Å². The highest BCUT2D eigenvalue weighted by atomic mass is 35.5. The zero-order valence-electron chi connectivity index (χ0n) is 20.1. The highest BCUT2D eigenvalue weighted by Crippen LogP contribution is 2.39. The summed E-state index contributed by atoms with van der Waals surface area (Å²) in [6.07, 6.45) is 6.70. The summed E-state index contributed by atoms with van der Waals surface area (Å²) >= 11 is 6.29. The van der Waals surface area contributed by atoms with E-state index in [1.54, 1.807) is 14.2 Å². The molecule has 6 heteroatoms. The number of fused-ring (bicyclic) bond motifs is 2. The summed E-state index contributed by atoms with van der Waals surface area (Å²) < 4.78 is 11.3. The van der Waals surface area contributed by atoms with E-state index in [4.69, 9.17) is 26.1 Å². The van der Waals surface area contributed by atoms with E-state index in [-0.39, 0.29) is 0 Å². The Balaban J connectivity index is 1.45. The Morgan fingerprint density at radius 3 is 2.76 bits per heavy atom. The van der Waals surface area contributed by atoms with Gasteiger partial charge in [-0.15, -0.1) is 0 Å². The highest BCUT2D eigenvalue weighted by molar-refractivity contribution is 6.31. The number of ether oxygens (including phenoxy) is 2. The lowest BCUT2D eigenvalue weighted by Crippen LogP contribution is -2.50. The van der Waals surface area contributed by atoms with Gasteiger partial charge in [0.2, 0.25) is 0 Å². The van der Waals surface area contributed by atoms with Crippen LogP contribution >= 0.6 is 11.6 Å². The van der Waals surface area contributed by atoms with Gasteiger partial charge >= 0.3 is 0 Å². The molecule has 34 heavy (non-hydrogen) atoms. The minimum absolute atomic E-state index is 0.684. The number of hydrogen-bond acceptors (Lipinski definition) is 5. The van der Waals surface area contributed by atoms with E-state index in [9.17, 15) is 0 Å². The summed E-state index contributed by atoms with van der Waals surface area (Å²) in [5.74, 6) is 2.12. The fraction of sp³-hybridized carbons (Fsp3) is 0.464. The van der Waals surface area contributed by atoms with E-state index in [0.29, 0.717) is 16.5 Å². The molecule has 180 valence electrons. The van der Waals surface area contributed by atoms with Gasteiger partial charge in [-0.1, -0.05) is 30.2 Å². The topological polar surface area (TPSA) is 46.6 Å². The molecule has 0 saturated carbocycles. The second-order valence-electron chi connectivity index (χ2n) is 9.51. The second-order valence-corrected chi connectivity index (χ2v) is 9.94. The van der Waals surface area contributed by atoms with Gasteiger partial charge in [0.15, 0.2) is 11.5 Å². The van der Waals surface area contributed by atoms with Crippen molar-refractivity contribution in [3.05, 3.63) is 53.1 Å². The van der Waals surface area contributed by atoms with Gasteiger partial charge in [0.25, 0.3) is 0 Å². The number of hydrogen-bond donors (Lipinski definition) is 1. The molecular weight excluding hydrogens is 446 g/mol. The minimum atomic E-state index is 0.684. The van der Waals surface area contributed by atoms with Gasteiger partial charge in [-0.25, -0.2) is 4.98 Å². The third kappa shape index (κ3) is 4.74.